The maximum Gasteiger partial charge on any atom is 0.243 e. The van der Waals surface area contributed by atoms with Crippen LogP contribution < -0.4 is 11.1 Å². The minimum atomic E-state index is -1.24. The first kappa shape index (κ1) is 21.0. The average molecular weight is 455 g/mol. The number of nitrogen functional groups attached to an aromatic ring is 1. The lowest BCUT2D eigenvalue weighted by molar-refractivity contribution is -0.131. The van der Waals surface area contributed by atoms with Crippen LogP contribution in [-0.4, -0.2) is 71.9 Å². The smallest absolute Gasteiger partial charge is 0.243 e. The number of pyridine rings is 1. The highest BCUT2D eigenvalue weighted by molar-refractivity contribution is 5.88. The number of anilines is 2. The second-order valence-corrected chi connectivity index (χ2v) is 8.03. The van der Waals surface area contributed by atoms with Crippen LogP contribution in [0.3, 0.4) is 0 Å². The van der Waals surface area contributed by atoms with Crippen molar-refractivity contribution in [2.45, 2.75) is 32.1 Å². The molecular formula is C21H23F2N9O. The van der Waals surface area contributed by atoms with Crippen molar-refractivity contribution in [1.82, 2.24) is 34.0 Å². The van der Waals surface area contributed by atoms with Crippen LogP contribution in [0.5, 0.6) is 0 Å². The van der Waals surface area contributed by atoms with Gasteiger partial charge in [-0.15, -0.1) is 5.10 Å². The Morgan fingerprint density at radius 3 is 2.91 bits per heavy atom. The lowest BCUT2D eigenvalue weighted by Gasteiger charge is -2.34. The summed E-state index contributed by atoms with van der Waals surface area (Å²) in [6, 6.07) is 4.93. The summed E-state index contributed by atoms with van der Waals surface area (Å²) in [5.41, 5.74) is 9.41. The molecule has 1 saturated heterocycles. The van der Waals surface area contributed by atoms with Gasteiger partial charge in [0.2, 0.25) is 11.9 Å². The van der Waals surface area contributed by atoms with Crippen molar-refractivity contribution in [3.05, 3.63) is 30.7 Å². The number of aryl methyl sites for hydroxylation is 1. The van der Waals surface area contributed by atoms with Gasteiger partial charge in [0.05, 0.1) is 31.2 Å². The van der Waals surface area contributed by atoms with Crippen LogP contribution in [-0.2, 0) is 11.3 Å². The molecule has 4 aromatic rings. The predicted molar refractivity (Wildman–Crippen MR) is 119 cm³/mol. The van der Waals surface area contributed by atoms with E-state index in [0.717, 1.165) is 0 Å². The number of hydrogen-bond donors (Lipinski definition) is 2. The van der Waals surface area contributed by atoms with Gasteiger partial charge in [0.1, 0.15) is 23.9 Å². The zero-order valence-corrected chi connectivity index (χ0v) is 17.9. The summed E-state index contributed by atoms with van der Waals surface area (Å²) in [7, 11) is 0. The molecule has 0 bridgehead atoms. The highest BCUT2D eigenvalue weighted by Gasteiger charge is 2.31. The molecule has 172 valence electrons. The molecule has 0 aliphatic carbocycles. The van der Waals surface area contributed by atoms with Crippen LogP contribution in [0.15, 0.2) is 30.7 Å². The molecule has 5 heterocycles. The van der Waals surface area contributed by atoms with Gasteiger partial charge >= 0.3 is 0 Å². The molecule has 0 saturated carbocycles. The van der Waals surface area contributed by atoms with Crippen molar-refractivity contribution >= 4 is 34.4 Å². The summed E-state index contributed by atoms with van der Waals surface area (Å²) >= 11 is 0. The molecule has 2 atom stereocenters. The van der Waals surface area contributed by atoms with Gasteiger partial charge in [0.15, 0.2) is 11.5 Å². The molecule has 10 nitrogen and oxygen atoms in total. The number of hydrogen-bond acceptors (Lipinski definition) is 7. The largest absolute Gasteiger partial charge is 0.382 e. The van der Waals surface area contributed by atoms with E-state index in [9.17, 15) is 13.6 Å². The van der Waals surface area contributed by atoms with Gasteiger partial charge in [-0.05, 0) is 24.6 Å². The van der Waals surface area contributed by atoms with Crippen LogP contribution in [0.1, 0.15) is 13.3 Å². The summed E-state index contributed by atoms with van der Waals surface area (Å²) in [5.74, 6) is 0.274. The lowest BCUT2D eigenvalue weighted by Crippen LogP contribution is -2.49. The summed E-state index contributed by atoms with van der Waals surface area (Å²) < 4.78 is 30.7. The first-order valence-corrected chi connectivity index (χ1v) is 10.6. The fraction of sp³-hybridized carbons (Fsp3) is 0.381. The minimum Gasteiger partial charge on any atom is -0.382 e. The van der Waals surface area contributed by atoms with Crippen LogP contribution in [0, 0.1) is 0 Å². The molecule has 33 heavy (non-hydrogen) atoms. The Morgan fingerprint density at radius 1 is 1.30 bits per heavy atom. The van der Waals surface area contributed by atoms with Crippen LogP contribution in [0.4, 0.5) is 20.5 Å². The molecular weight excluding hydrogens is 432 g/mol. The predicted octanol–water partition coefficient (Wildman–Crippen LogP) is 2.06. The third-order valence-electron chi connectivity index (χ3n) is 5.90. The van der Waals surface area contributed by atoms with Gasteiger partial charge in [0, 0.05) is 25.2 Å². The number of imidazole rings is 1. The normalized spacial score (nSPS) is 18.8. The van der Waals surface area contributed by atoms with E-state index in [1.165, 1.54) is 11.8 Å². The fourth-order valence-corrected chi connectivity index (χ4v) is 4.18. The van der Waals surface area contributed by atoms with Crippen molar-refractivity contribution < 1.29 is 13.6 Å². The average Bonchev–Trinajstić information content (AvgIpc) is 3.39. The number of halogens is 2. The highest BCUT2D eigenvalue weighted by atomic mass is 19.1. The van der Waals surface area contributed by atoms with Crippen molar-refractivity contribution in [3.63, 3.8) is 0 Å². The van der Waals surface area contributed by atoms with Crippen LogP contribution >= 0.6 is 0 Å². The molecule has 1 aliphatic heterocycles. The molecule has 12 heteroatoms. The maximum absolute atomic E-state index is 14.6. The molecule has 0 spiro atoms. The second-order valence-electron chi connectivity index (χ2n) is 8.03. The number of nitrogens with zero attached hydrogens (tertiary/aromatic N) is 7. The third-order valence-corrected chi connectivity index (χ3v) is 5.90. The van der Waals surface area contributed by atoms with Crippen LogP contribution in [0.25, 0.3) is 27.9 Å². The quantitative estimate of drug-likeness (QED) is 0.473. The number of aromatic nitrogens is 6. The molecule has 1 amide bonds. The fourth-order valence-electron chi connectivity index (χ4n) is 4.18. The van der Waals surface area contributed by atoms with Crippen molar-refractivity contribution in [2.75, 3.05) is 30.8 Å². The number of likely N-dealkylation sites (tertiary alicyclic amines) is 1. The summed E-state index contributed by atoms with van der Waals surface area (Å²) in [6.07, 6.45) is 2.49. The number of rotatable bonds is 5. The number of fused-ring (bicyclic) bond motifs is 2. The number of alkyl halides is 2. The van der Waals surface area contributed by atoms with E-state index in [2.05, 4.69) is 25.4 Å². The Labute approximate surface area is 187 Å². The van der Waals surface area contributed by atoms with Gasteiger partial charge in [-0.25, -0.2) is 23.3 Å². The first-order valence-electron chi connectivity index (χ1n) is 10.6. The van der Waals surface area contributed by atoms with E-state index < -0.39 is 18.9 Å². The van der Waals surface area contributed by atoms with E-state index in [1.54, 1.807) is 21.6 Å². The van der Waals surface area contributed by atoms with Gasteiger partial charge in [-0.3, -0.25) is 4.79 Å². The first-order chi connectivity index (χ1) is 15.9. The molecule has 0 radical (unpaired) electrons. The Balaban J connectivity index is 1.44. The standard InChI is InChI=1S/C21H23F2N9O/c1-12(33)30-7-5-16(14(23)10-30)27-21-28-19(24)18-13(4-8-32(18)29-21)15-2-3-17-20(26-15)31(9-6-22)11-25-17/h2-4,8,11,14,16H,5-7,9-10H2,1H3,(H3,24,27,28,29). The summed E-state index contributed by atoms with van der Waals surface area (Å²) in [5, 5.41) is 7.45. The Kier molecular flexibility index (Phi) is 5.27. The summed E-state index contributed by atoms with van der Waals surface area (Å²) in [6.45, 7) is 1.59. The minimum absolute atomic E-state index is 0.0333. The Morgan fingerprint density at radius 2 is 2.15 bits per heavy atom. The molecule has 3 N–H and O–H groups in total. The van der Waals surface area contributed by atoms with Crippen molar-refractivity contribution in [1.29, 1.82) is 0 Å². The number of piperidine rings is 1. The van der Waals surface area contributed by atoms with Gasteiger partial charge in [-0.2, -0.15) is 4.98 Å². The molecule has 2 unspecified atom stereocenters. The van der Waals surface area contributed by atoms with Gasteiger partial charge in [-0.1, -0.05) is 0 Å². The third kappa shape index (κ3) is 3.81. The highest BCUT2D eigenvalue weighted by Crippen LogP contribution is 2.29. The Hall–Kier alpha value is -3.83. The topological polar surface area (TPSA) is 119 Å². The van der Waals surface area contributed by atoms with E-state index in [-0.39, 0.29) is 30.8 Å². The number of nitrogens with one attached hydrogen (secondary N) is 1. The van der Waals surface area contributed by atoms with E-state index in [0.29, 0.717) is 40.9 Å². The monoisotopic (exact) mass is 455 g/mol. The van der Waals surface area contributed by atoms with E-state index in [4.69, 9.17) is 5.73 Å². The molecule has 0 aromatic carbocycles. The molecule has 5 rings (SSSR count). The zero-order chi connectivity index (χ0) is 23.1. The number of amides is 1. The Bertz CT molecular complexity index is 1330. The number of carbonyl (C=O) groups excluding carboxylic acids is 1. The second kappa shape index (κ2) is 8.26. The van der Waals surface area contributed by atoms with Gasteiger partial charge < -0.3 is 20.5 Å². The van der Waals surface area contributed by atoms with Crippen molar-refractivity contribution in [3.8, 4) is 11.3 Å². The number of carbonyl (C=O) groups is 1. The van der Waals surface area contributed by atoms with E-state index in [1.807, 2.05) is 18.2 Å². The molecule has 1 fully saturated rings. The van der Waals surface area contributed by atoms with Gasteiger partial charge in [0.25, 0.3) is 0 Å². The lowest BCUT2D eigenvalue weighted by atomic mass is 10.0. The molecule has 4 aromatic heterocycles. The number of nitrogens with two attached hydrogens (primary N) is 1. The van der Waals surface area contributed by atoms with Crippen molar-refractivity contribution in [2.24, 2.45) is 0 Å². The SMILES string of the molecule is CC(=O)N1CCC(Nc2nc(N)c3c(-c4ccc5ncn(CCF)c5n4)ccn3n2)C(F)C1. The summed E-state index contributed by atoms with van der Waals surface area (Å²) in [4.78, 5) is 26.2. The van der Waals surface area contributed by atoms with E-state index >= 15 is 0 Å². The zero-order valence-electron chi connectivity index (χ0n) is 17.9. The molecule has 1 aliphatic rings. The van der Waals surface area contributed by atoms with Crippen LogP contribution in [0.2, 0.25) is 0 Å². The maximum atomic E-state index is 14.6.